The Morgan fingerprint density at radius 1 is 1.48 bits per heavy atom. The molecule has 1 amide bonds. The van der Waals surface area contributed by atoms with Crippen LogP contribution in [0.5, 0.6) is 5.75 Å². The molecule has 7 nitrogen and oxygen atoms in total. The monoisotopic (exact) mass is 291 g/mol. The predicted octanol–water partition coefficient (Wildman–Crippen LogP) is 2.40. The summed E-state index contributed by atoms with van der Waals surface area (Å²) in [4.78, 5) is 26.0. The Morgan fingerprint density at radius 3 is 2.81 bits per heavy atom. The first-order valence-corrected chi connectivity index (χ1v) is 5.80. The van der Waals surface area contributed by atoms with Gasteiger partial charge in [0.15, 0.2) is 11.6 Å². The highest BCUT2D eigenvalue weighted by molar-refractivity contribution is 6.07. The second-order valence-electron chi connectivity index (χ2n) is 4.20. The minimum atomic E-state index is -0.932. The van der Waals surface area contributed by atoms with E-state index in [1.165, 1.54) is 25.3 Å². The van der Waals surface area contributed by atoms with Crippen molar-refractivity contribution in [3.63, 3.8) is 0 Å². The van der Waals surface area contributed by atoms with Crippen LogP contribution in [0.2, 0.25) is 0 Å². The molecule has 0 bridgehead atoms. The minimum absolute atomic E-state index is 0.0235. The molecule has 0 saturated heterocycles. The second-order valence-corrected chi connectivity index (χ2v) is 4.20. The maximum atomic E-state index is 13.4. The highest BCUT2D eigenvalue weighted by atomic mass is 19.1. The van der Waals surface area contributed by atoms with E-state index in [1.807, 2.05) is 0 Å². The van der Waals surface area contributed by atoms with E-state index in [1.54, 1.807) is 0 Å². The van der Waals surface area contributed by atoms with Crippen molar-refractivity contribution in [2.45, 2.75) is 6.92 Å². The third kappa shape index (κ3) is 2.94. The second kappa shape index (κ2) is 5.53. The van der Waals surface area contributed by atoms with Crippen LogP contribution >= 0.6 is 0 Å². The van der Waals surface area contributed by atoms with Crippen LogP contribution in [0, 0.1) is 22.9 Å². The van der Waals surface area contributed by atoms with Crippen molar-refractivity contribution < 1.29 is 19.2 Å². The number of pyridine rings is 1. The number of nitrogens with zero attached hydrogens (tertiary/aromatic N) is 2. The zero-order chi connectivity index (χ0) is 15.6. The molecule has 0 fully saturated rings. The smallest absolute Gasteiger partial charge is 0.285 e. The van der Waals surface area contributed by atoms with Crippen LogP contribution in [0.3, 0.4) is 0 Å². The topological polar surface area (TPSA) is 105 Å². The Labute approximate surface area is 118 Å². The number of aromatic hydroxyl groups is 1. The molecule has 108 valence electrons. The molecule has 0 radical (unpaired) electrons. The molecule has 2 rings (SSSR count). The number of amides is 1. The summed E-state index contributed by atoms with van der Waals surface area (Å²) in [6.45, 7) is 1.33. The number of nitro benzene ring substituents is 1. The molecule has 1 aromatic carbocycles. The number of carbonyl (C=O) groups is 1. The van der Waals surface area contributed by atoms with Crippen LogP contribution in [0.25, 0.3) is 0 Å². The lowest BCUT2D eigenvalue weighted by Gasteiger charge is -2.08. The fourth-order valence-corrected chi connectivity index (χ4v) is 1.82. The highest BCUT2D eigenvalue weighted by Crippen LogP contribution is 2.26. The predicted molar refractivity (Wildman–Crippen MR) is 71.6 cm³/mol. The molecule has 2 aromatic rings. The lowest BCUT2D eigenvalue weighted by atomic mass is 10.1. The van der Waals surface area contributed by atoms with E-state index in [9.17, 15) is 24.4 Å². The standard InChI is InChI=1S/C13H10FN3O4/c1-7-5-8(14)6-9(11(7)17(20)21)13(19)16-12-10(18)3-2-4-15-12/h2-6,18H,1H3,(H,15,16,19). The van der Waals surface area contributed by atoms with Gasteiger partial charge in [-0.2, -0.15) is 0 Å². The molecule has 8 heteroatoms. The summed E-state index contributed by atoms with van der Waals surface area (Å²) >= 11 is 0. The first-order valence-electron chi connectivity index (χ1n) is 5.80. The first kappa shape index (κ1) is 14.4. The van der Waals surface area contributed by atoms with E-state index in [0.29, 0.717) is 0 Å². The van der Waals surface area contributed by atoms with Gasteiger partial charge in [0.05, 0.1) is 4.92 Å². The molecule has 0 aliphatic carbocycles. The number of rotatable bonds is 3. The number of benzene rings is 1. The van der Waals surface area contributed by atoms with E-state index in [4.69, 9.17) is 0 Å². The third-order valence-corrected chi connectivity index (χ3v) is 2.71. The normalized spacial score (nSPS) is 10.2. The molecule has 0 atom stereocenters. The number of nitrogens with one attached hydrogen (secondary N) is 1. The van der Waals surface area contributed by atoms with E-state index < -0.39 is 27.9 Å². The Bertz CT molecular complexity index is 733. The summed E-state index contributed by atoms with van der Waals surface area (Å²) in [6.07, 6.45) is 1.32. The number of hydrogen-bond donors (Lipinski definition) is 2. The molecule has 0 saturated carbocycles. The van der Waals surface area contributed by atoms with Gasteiger partial charge in [-0.05, 0) is 31.2 Å². The molecular formula is C13H10FN3O4. The summed E-state index contributed by atoms with van der Waals surface area (Å²) in [5.41, 5.74) is -0.915. The van der Waals surface area contributed by atoms with Gasteiger partial charge in [-0.3, -0.25) is 14.9 Å². The van der Waals surface area contributed by atoms with Gasteiger partial charge in [-0.15, -0.1) is 0 Å². The van der Waals surface area contributed by atoms with Crippen LogP contribution < -0.4 is 5.32 Å². The molecule has 0 spiro atoms. The molecule has 2 N–H and O–H groups in total. The summed E-state index contributed by atoms with van der Waals surface area (Å²) in [5, 5.41) is 22.7. The van der Waals surface area contributed by atoms with Crippen molar-refractivity contribution in [2.75, 3.05) is 5.32 Å². The molecule has 21 heavy (non-hydrogen) atoms. The Morgan fingerprint density at radius 2 is 2.19 bits per heavy atom. The van der Waals surface area contributed by atoms with Crippen LogP contribution in [0.1, 0.15) is 15.9 Å². The van der Waals surface area contributed by atoms with Crippen molar-refractivity contribution in [1.82, 2.24) is 4.98 Å². The van der Waals surface area contributed by atoms with Gasteiger partial charge in [-0.25, -0.2) is 9.37 Å². The number of halogens is 1. The van der Waals surface area contributed by atoms with Gasteiger partial charge in [0.1, 0.15) is 11.4 Å². The number of aromatic nitrogens is 1. The van der Waals surface area contributed by atoms with Crippen molar-refractivity contribution in [3.05, 3.63) is 57.5 Å². The van der Waals surface area contributed by atoms with Gasteiger partial charge in [0, 0.05) is 11.8 Å². The zero-order valence-electron chi connectivity index (χ0n) is 10.8. The molecule has 0 aliphatic rings. The summed E-state index contributed by atoms with van der Waals surface area (Å²) in [5.74, 6) is -2.17. The van der Waals surface area contributed by atoms with Crippen LogP contribution in [0.15, 0.2) is 30.5 Å². The number of anilines is 1. The van der Waals surface area contributed by atoms with Gasteiger partial charge in [-0.1, -0.05) is 0 Å². The fraction of sp³-hybridized carbons (Fsp3) is 0.0769. The van der Waals surface area contributed by atoms with Crippen LogP contribution in [-0.2, 0) is 0 Å². The lowest BCUT2D eigenvalue weighted by Crippen LogP contribution is -2.16. The SMILES string of the molecule is Cc1cc(F)cc(C(=O)Nc2ncccc2O)c1[N+](=O)[O-]. The van der Waals surface area contributed by atoms with Crippen LogP contribution in [0.4, 0.5) is 15.9 Å². The number of nitro groups is 1. The molecule has 1 heterocycles. The molecule has 0 aliphatic heterocycles. The van der Waals surface area contributed by atoms with Gasteiger partial charge < -0.3 is 10.4 Å². The number of hydrogen-bond acceptors (Lipinski definition) is 5. The first-order chi connectivity index (χ1) is 9.90. The largest absolute Gasteiger partial charge is 0.504 e. The van der Waals surface area contributed by atoms with Crippen molar-refractivity contribution >= 4 is 17.4 Å². The minimum Gasteiger partial charge on any atom is -0.504 e. The van der Waals surface area contributed by atoms with E-state index >= 15 is 0 Å². The summed E-state index contributed by atoms with van der Waals surface area (Å²) in [7, 11) is 0. The average molecular weight is 291 g/mol. The molecule has 1 aromatic heterocycles. The maximum Gasteiger partial charge on any atom is 0.285 e. The zero-order valence-corrected chi connectivity index (χ0v) is 10.8. The van der Waals surface area contributed by atoms with Gasteiger partial charge >= 0.3 is 0 Å². The van der Waals surface area contributed by atoms with E-state index in [2.05, 4.69) is 10.3 Å². The quantitative estimate of drug-likeness (QED) is 0.667. The van der Waals surface area contributed by atoms with Crippen molar-refractivity contribution in [3.8, 4) is 5.75 Å². The maximum absolute atomic E-state index is 13.4. The Balaban J connectivity index is 2.44. The number of aryl methyl sites for hydroxylation is 1. The highest BCUT2D eigenvalue weighted by Gasteiger charge is 2.25. The fourth-order valence-electron chi connectivity index (χ4n) is 1.82. The van der Waals surface area contributed by atoms with Gasteiger partial charge in [0.25, 0.3) is 11.6 Å². The molecular weight excluding hydrogens is 281 g/mol. The Kier molecular flexibility index (Phi) is 3.79. The molecule has 0 unspecified atom stereocenters. The van der Waals surface area contributed by atoms with Crippen molar-refractivity contribution in [1.29, 1.82) is 0 Å². The Hall–Kier alpha value is -3.03. The van der Waals surface area contributed by atoms with E-state index in [0.717, 1.165) is 12.1 Å². The lowest BCUT2D eigenvalue weighted by molar-refractivity contribution is -0.385. The number of carbonyl (C=O) groups excluding carboxylic acids is 1. The van der Waals surface area contributed by atoms with Crippen LogP contribution in [-0.4, -0.2) is 20.9 Å². The average Bonchev–Trinajstić information content (AvgIpc) is 2.39. The van der Waals surface area contributed by atoms with Gasteiger partial charge in [0.2, 0.25) is 0 Å². The van der Waals surface area contributed by atoms with E-state index in [-0.39, 0.29) is 17.1 Å². The third-order valence-electron chi connectivity index (χ3n) is 2.71. The summed E-state index contributed by atoms with van der Waals surface area (Å²) < 4.78 is 13.4. The summed E-state index contributed by atoms with van der Waals surface area (Å²) in [6, 6.07) is 4.46. The van der Waals surface area contributed by atoms with Crippen molar-refractivity contribution in [2.24, 2.45) is 0 Å².